The third-order valence-corrected chi connectivity index (χ3v) is 3.64. The summed E-state index contributed by atoms with van der Waals surface area (Å²) in [6, 6.07) is 9.80. The highest BCUT2D eigenvalue weighted by Gasteiger charge is 2.19. The van der Waals surface area contributed by atoms with Gasteiger partial charge in [0.05, 0.1) is 24.2 Å². The number of hydrazine groups is 1. The third kappa shape index (κ3) is 5.92. The Bertz CT molecular complexity index is 961. The molecule has 0 aliphatic rings. The summed E-state index contributed by atoms with van der Waals surface area (Å²) in [6.07, 6.45) is 0. The number of methoxy groups -OCH3 is 1. The molecule has 0 radical (unpaired) electrons. The van der Waals surface area contributed by atoms with Gasteiger partial charge < -0.3 is 14.2 Å². The van der Waals surface area contributed by atoms with Crippen LogP contribution in [-0.4, -0.2) is 43.0 Å². The summed E-state index contributed by atoms with van der Waals surface area (Å²) in [5, 5.41) is 11.0. The molecule has 0 heterocycles. The summed E-state index contributed by atoms with van der Waals surface area (Å²) in [4.78, 5) is 46.1. The van der Waals surface area contributed by atoms with Crippen molar-refractivity contribution in [2.75, 3.05) is 20.3 Å². The number of nitrogens with one attached hydrogen (secondary N) is 2. The fourth-order valence-corrected chi connectivity index (χ4v) is 2.31. The predicted molar refractivity (Wildman–Crippen MR) is 103 cm³/mol. The highest BCUT2D eigenvalue weighted by Crippen LogP contribution is 2.26. The lowest BCUT2D eigenvalue weighted by atomic mass is 10.1. The number of nitro benzene ring substituents is 1. The number of amides is 2. The molecule has 0 saturated heterocycles. The van der Waals surface area contributed by atoms with E-state index in [2.05, 4.69) is 15.6 Å². The Morgan fingerprint density at radius 2 is 1.63 bits per heavy atom. The number of carbonyl (C=O) groups excluding carboxylic acids is 3. The van der Waals surface area contributed by atoms with Crippen LogP contribution >= 0.6 is 0 Å². The first kappa shape index (κ1) is 22.1. The van der Waals surface area contributed by atoms with Gasteiger partial charge in [0, 0.05) is 17.7 Å². The van der Waals surface area contributed by atoms with Crippen molar-refractivity contribution in [3.63, 3.8) is 0 Å². The molecule has 0 aliphatic carbocycles. The Hall–Kier alpha value is -4.15. The Labute approximate surface area is 171 Å². The van der Waals surface area contributed by atoms with E-state index >= 15 is 0 Å². The van der Waals surface area contributed by atoms with Crippen molar-refractivity contribution in [1.29, 1.82) is 0 Å². The Kier molecular flexibility index (Phi) is 7.68. The third-order valence-electron chi connectivity index (χ3n) is 3.64. The van der Waals surface area contributed by atoms with E-state index in [9.17, 15) is 24.5 Å². The molecule has 0 saturated carbocycles. The molecule has 2 N–H and O–H groups in total. The van der Waals surface area contributed by atoms with Crippen molar-refractivity contribution in [3.8, 4) is 11.5 Å². The molecule has 0 fully saturated rings. The van der Waals surface area contributed by atoms with Crippen molar-refractivity contribution in [2.24, 2.45) is 0 Å². The topological polar surface area (TPSA) is 146 Å². The first-order valence-electron chi connectivity index (χ1n) is 8.67. The molecule has 0 aromatic heterocycles. The maximum absolute atomic E-state index is 12.2. The summed E-state index contributed by atoms with van der Waals surface area (Å²) in [5.41, 5.74) is 3.35. The quantitative estimate of drug-likeness (QED) is 0.374. The molecule has 0 spiro atoms. The van der Waals surface area contributed by atoms with Gasteiger partial charge in [-0.25, -0.2) is 4.79 Å². The minimum Gasteiger partial charge on any atom is -0.490 e. The monoisotopic (exact) mass is 417 g/mol. The van der Waals surface area contributed by atoms with Crippen LogP contribution < -0.4 is 20.3 Å². The largest absolute Gasteiger partial charge is 0.490 e. The average Bonchev–Trinajstić information content (AvgIpc) is 2.76. The fraction of sp³-hybridized carbons (Fsp3) is 0.211. The maximum Gasteiger partial charge on any atom is 0.338 e. The molecule has 2 aromatic carbocycles. The zero-order valence-corrected chi connectivity index (χ0v) is 16.2. The molecular formula is C19H19N3O8. The van der Waals surface area contributed by atoms with E-state index in [1.54, 1.807) is 31.2 Å². The molecular weight excluding hydrogens is 398 g/mol. The van der Waals surface area contributed by atoms with Crippen LogP contribution in [0, 0.1) is 10.1 Å². The van der Waals surface area contributed by atoms with E-state index in [0.717, 1.165) is 25.3 Å². The summed E-state index contributed by atoms with van der Waals surface area (Å²) < 4.78 is 15.3. The summed E-state index contributed by atoms with van der Waals surface area (Å²) in [6.45, 7) is 1.80. The SMILES string of the molecule is CCOc1ccccc1OCC(=O)NNC(=O)c1cc(C(=O)OC)cc([N+](=O)[O-])c1. The maximum atomic E-state index is 12.2. The zero-order chi connectivity index (χ0) is 22.1. The molecule has 11 nitrogen and oxygen atoms in total. The molecule has 2 amide bonds. The Morgan fingerprint density at radius 1 is 1.00 bits per heavy atom. The van der Waals surface area contributed by atoms with Gasteiger partial charge in [0.25, 0.3) is 17.5 Å². The highest BCUT2D eigenvalue weighted by molar-refractivity contribution is 5.99. The van der Waals surface area contributed by atoms with E-state index in [1.165, 1.54) is 0 Å². The van der Waals surface area contributed by atoms with E-state index in [1.807, 2.05) is 0 Å². The van der Waals surface area contributed by atoms with Crippen LogP contribution in [0.25, 0.3) is 0 Å². The number of hydrogen-bond acceptors (Lipinski definition) is 8. The van der Waals surface area contributed by atoms with Gasteiger partial charge in [-0.3, -0.25) is 30.6 Å². The van der Waals surface area contributed by atoms with Crippen molar-refractivity contribution in [1.82, 2.24) is 10.9 Å². The normalized spacial score (nSPS) is 9.93. The van der Waals surface area contributed by atoms with Gasteiger partial charge in [-0.15, -0.1) is 0 Å². The molecule has 30 heavy (non-hydrogen) atoms. The standard InChI is InChI=1S/C19H19N3O8/c1-3-29-15-6-4-5-7-16(15)30-11-17(23)20-21-18(24)12-8-13(19(25)28-2)10-14(9-12)22(26)27/h4-10H,3,11H2,1-2H3,(H,20,23)(H,21,24). The van der Waals surface area contributed by atoms with Crippen molar-refractivity contribution < 1.29 is 33.5 Å². The van der Waals surface area contributed by atoms with Gasteiger partial charge in [-0.05, 0) is 25.1 Å². The predicted octanol–water partition coefficient (Wildman–Crippen LogP) is 1.62. The van der Waals surface area contributed by atoms with Crippen LogP contribution in [-0.2, 0) is 9.53 Å². The van der Waals surface area contributed by atoms with Crippen LogP contribution in [0.2, 0.25) is 0 Å². The van der Waals surface area contributed by atoms with Crippen molar-refractivity contribution >= 4 is 23.5 Å². The minimum atomic E-state index is -0.869. The molecule has 0 bridgehead atoms. The molecule has 0 aliphatic heterocycles. The number of hydrogen-bond donors (Lipinski definition) is 2. The summed E-state index contributed by atoms with van der Waals surface area (Å²) >= 11 is 0. The zero-order valence-electron chi connectivity index (χ0n) is 16.2. The highest BCUT2D eigenvalue weighted by atomic mass is 16.6. The molecule has 0 atom stereocenters. The number of non-ortho nitro benzene ring substituents is 1. The van der Waals surface area contributed by atoms with Crippen LogP contribution in [0.5, 0.6) is 11.5 Å². The van der Waals surface area contributed by atoms with Gasteiger partial charge >= 0.3 is 5.97 Å². The lowest BCUT2D eigenvalue weighted by Gasteiger charge is -2.12. The number of nitrogens with zero attached hydrogens (tertiary/aromatic N) is 1. The van der Waals surface area contributed by atoms with E-state index < -0.39 is 35.0 Å². The lowest BCUT2D eigenvalue weighted by molar-refractivity contribution is -0.384. The van der Waals surface area contributed by atoms with E-state index in [4.69, 9.17) is 9.47 Å². The van der Waals surface area contributed by atoms with Gasteiger partial charge in [0.15, 0.2) is 18.1 Å². The fourth-order valence-electron chi connectivity index (χ4n) is 2.31. The number of para-hydroxylation sites is 2. The average molecular weight is 417 g/mol. The second-order valence-corrected chi connectivity index (χ2v) is 5.69. The summed E-state index contributed by atoms with van der Waals surface area (Å²) in [5.74, 6) is -1.59. The van der Waals surface area contributed by atoms with Crippen molar-refractivity contribution in [2.45, 2.75) is 6.92 Å². The smallest absolute Gasteiger partial charge is 0.338 e. The number of nitro groups is 1. The second-order valence-electron chi connectivity index (χ2n) is 5.69. The first-order chi connectivity index (χ1) is 14.3. The number of esters is 1. The van der Waals surface area contributed by atoms with Crippen LogP contribution in [0.3, 0.4) is 0 Å². The van der Waals surface area contributed by atoms with E-state index in [0.29, 0.717) is 18.1 Å². The number of rotatable bonds is 8. The first-order valence-corrected chi connectivity index (χ1v) is 8.67. The van der Waals surface area contributed by atoms with Gasteiger partial charge in [-0.1, -0.05) is 12.1 Å². The van der Waals surface area contributed by atoms with Crippen molar-refractivity contribution in [3.05, 3.63) is 63.7 Å². The number of benzene rings is 2. The Balaban J connectivity index is 2.00. The molecule has 0 unspecified atom stereocenters. The van der Waals surface area contributed by atoms with Crippen LogP contribution in [0.1, 0.15) is 27.6 Å². The van der Waals surface area contributed by atoms with E-state index in [-0.39, 0.29) is 11.1 Å². The summed E-state index contributed by atoms with van der Waals surface area (Å²) in [7, 11) is 1.10. The minimum absolute atomic E-state index is 0.181. The van der Waals surface area contributed by atoms with Gasteiger partial charge in [0.2, 0.25) is 0 Å². The molecule has 11 heteroatoms. The van der Waals surface area contributed by atoms with Gasteiger partial charge in [-0.2, -0.15) is 0 Å². The second kappa shape index (κ2) is 10.4. The van der Waals surface area contributed by atoms with Crippen LogP contribution in [0.4, 0.5) is 5.69 Å². The number of ether oxygens (including phenoxy) is 3. The Morgan fingerprint density at radius 3 is 2.23 bits per heavy atom. The molecule has 2 rings (SSSR count). The van der Waals surface area contributed by atoms with Crippen LogP contribution in [0.15, 0.2) is 42.5 Å². The van der Waals surface area contributed by atoms with Gasteiger partial charge in [0.1, 0.15) is 0 Å². The molecule has 2 aromatic rings. The lowest BCUT2D eigenvalue weighted by Crippen LogP contribution is -2.43. The number of carbonyl (C=O) groups is 3. The molecule has 158 valence electrons.